The number of ether oxygens (including phenoxy) is 1. The minimum Gasteiger partial charge on any atom is -0.497 e. The van der Waals surface area contributed by atoms with Gasteiger partial charge in [0.25, 0.3) is 5.91 Å². The van der Waals surface area contributed by atoms with Gasteiger partial charge in [-0.25, -0.2) is 0 Å². The Balaban J connectivity index is 1.44. The Morgan fingerprint density at radius 1 is 1.14 bits per heavy atom. The van der Waals surface area contributed by atoms with E-state index in [9.17, 15) is 4.79 Å². The van der Waals surface area contributed by atoms with E-state index >= 15 is 0 Å². The van der Waals surface area contributed by atoms with Crippen LogP contribution in [-0.4, -0.2) is 64.1 Å². The largest absolute Gasteiger partial charge is 0.497 e. The van der Waals surface area contributed by atoms with Crippen molar-refractivity contribution in [3.8, 4) is 17.0 Å². The summed E-state index contributed by atoms with van der Waals surface area (Å²) < 4.78 is 7.14. The number of aromatic amines is 1. The van der Waals surface area contributed by atoms with Crippen LogP contribution >= 0.6 is 0 Å². The third kappa shape index (κ3) is 3.57. The van der Waals surface area contributed by atoms with Crippen LogP contribution in [0.2, 0.25) is 0 Å². The maximum atomic E-state index is 13.0. The molecule has 0 spiro atoms. The summed E-state index contributed by atoms with van der Waals surface area (Å²) in [6.07, 6.45) is 0. The van der Waals surface area contributed by atoms with Crippen LogP contribution in [0.15, 0.2) is 30.3 Å². The Morgan fingerprint density at radius 3 is 2.55 bits per heavy atom. The molecule has 1 amide bonds. The second kappa shape index (κ2) is 7.62. The average Bonchev–Trinajstić information content (AvgIpc) is 3.32. The number of H-pyrrole nitrogens is 1. The van der Waals surface area contributed by atoms with Crippen molar-refractivity contribution in [2.24, 2.45) is 7.05 Å². The molecule has 0 bridgehead atoms. The molecule has 8 nitrogen and oxygen atoms in total. The molecule has 1 aliphatic rings. The number of rotatable bonds is 4. The first kappa shape index (κ1) is 19.0. The number of hydrogen-bond donors (Lipinski definition) is 1. The maximum absolute atomic E-state index is 13.0. The molecule has 4 rings (SSSR count). The molecule has 3 heterocycles. The SMILES string of the molecule is COc1cccc(N2CCN(C(=O)c3cc(-c4c(C)nn(C)c4C)n[nH]3)CC2)c1. The van der Waals surface area contributed by atoms with Crippen LogP contribution in [0.4, 0.5) is 5.69 Å². The number of amides is 1. The van der Waals surface area contributed by atoms with E-state index in [1.165, 1.54) is 0 Å². The number of piperazine rings is 1. The van der Waals surface area contributed by atoms with Gasteiger partial charge in [-0.3, -0.25) is 14.6 Å². The van der Waals surface area contributed by atoms with E-state index in [0.717, 1.165) is 47.2 Å². The highest BCUT2D eigenvalue weighted by atomic mass is 16.5. The van der Waals surface area contributed by atoms with Gasteiger partial charge in [-0.15, -0.1) is 0 Å². The van der Waals surface area contributed by atoms with Crippen LogP contribution < -0.4 is 9.64 Å². The second-order valence-electron chi connectivity index (χ2n) is 7.32. The van der Waals surface area contributed by atoms with Gasteiger partial charge >= 0.3 is 0 Å². The molecule has 0 aliphatic carbocycles. The molecular weight excluding hydrogens is 368 g/mol. The second-order valence-corrected chi connectivity index (χ2v) is 7.32. The molecule has 0 atom stereocenters. The number of aryl methyl sites for hydroxylation is 2. The van der Waals surface area contributed by atoms with Crippen molar-refractivity contribution in [3.63, 3.8) is 0 Å². The number of nitrogens with zero attached hydrogens (tertiary/aromatic N) is 5. The number of benzene rings is 1. The van der Waals surface area contributed by atoms with E-state index in [1.54, 1.807) is 7.11 Å². The van der Waals surface area contributed by atoms with Crippen molar-refractivity contribution in [1.82, 2.24) is 24.9 Å². The summed E-state index contributed by atoms with van der Waals surface area (Å²) in [5, 5.41) is 11.7. The van der Waals surface area contributed by atoms with Gasteiger partial charge in [-0.05, 0) is 32.0 Å². The van der Waals surface area contributed by atoms with Crippen LogP contribution in [-0.2, 0) is 7.05 Å². The van der Waals surface area contributed by atoms with Gasteiger partial charge in [0.05, 0.1) is 18.5 Å². The Hall–Kier alpha value is -3.29. The van der Waals surface area contributed by atoms with Crippen molar-refractivity contribution in [2.45, 2.75) is 13.8 Å². The molecule has 1 N–H and O–H groups in total. The van der Waals surface area contributed by atoms with Gasteiger partial charge in [-0.2, -0.15) is 10.2 Å². The van der Waals surface area contributed by atoms with E-state index < -0.39 is 0 Å². The standard InChI is InChI=1S/C21H26N6O2/c1-14-20(15(2)25(3)24-14)18-13-19(23-22-18)21(28)27-10-8-26(9-11-27)16-6-5-7-17(12-16)29-4/h5-7,12-13H,8-11H2,1-4H3,(H,22,23). The highest BCUT2D eigenvalue weighted by molar-refractivity contribution is 5.93. The number of aromatic nitrogens is 4. The van der Waals surface area contributed by atoms with Crippen LogP contribution in [0.5, 0.6) is 5.75 Å². The lowest BCUT2D eigenvalue weighted by Gasteiger charge is -2.36. The molecule has 8 heteroatoms. The van der Waals surface area contributed by atoms with Crippen molar-refractivity contribution in [2.75, 3.05) is 38.2 Å². The van der Waals surface area contributed by atoms with Gasteiger partial charge in [0, 0.05) is 56.2 Å². The number of carbonyl (C=O) groups is 1. The van der Waals surface area contributed by atoms with E-state index in [0.29, 0.717) is 18.8 Å². The average molecular weight is 394 g/mol. The molecular formula is C21H26N6O2. The van der Waals surface area contributed by atoms with Crippen molar-refractivity contribution < 1.29 is 9.53 Å². The highest BCUT2D eigenvalue weighted by Crippen LogP contribution is 2.26. The molecule has 1 aromatic carbocycles. The number of hydrogen-bond acceptors (Lipinski definition) is 5. The summed E-state index contributed by atoms with van der Waals surface area (Å²) >= 11 is 0. The maximum Gasteiger partial charge on any atom is 0.272 e. The monoisotopic (exact) mass is 394 g/mol. The van der Waals surface area contributed by atoms with Gasteiger partial charge in [0.1, 0.15) is 11.4 Å². The number of anilines is 1. The molecule has 29 heavy (non-hydrogen) atoms. The third-order valence-electron chi connectivity index (χ3n) is 5.56. The van der Waals surface area contributed by atoms with Gasteiger partial charge < -0.3 is 14.5 Å². The quantitative estimate of drug-likeness (QED) is 0.735. The predicted molar refractivity (Wildman–Crippen MR) is 111 cm³/mol. The molecule has 2 aromatic heterocycles. The molecule has 152 valence electrons. The number of nitrogens with one attached hydrogen (secondary N) is 1. The zero-order valence-corrected chi connectivity index (χ0v) is 17.3. The fourth-order valence-corrected chi connectivity index (χ4v) is 3.85. The number of methoxy groups -OCH3 is 1. The van der Waals surface area contributed by atoms with E-state index in [-0.39, 0.29) is 5.91 Å². The Morgan fingerprint density at radius 2 is 1.90 bits per heavy atom. The Labute approximate surface area is 170 Å². The zero-order valence-electron chi connectivity index (χ0n) is 17.3. The fraction of sp³-hybridized carbons (Fsp3) is 0.381. The third-order valence-corrected chi connectivity index (χ3v) is 5.56. The van der Waals surface area contributed by atoms with Gasteiger partial charge in [0.2, 0.25) is 0 Å². The first-order chi connectivity index (χ1) is 14.0. The summed E-state index contributed by atoms with van der Waals surface area (Å²) in [5.41, 5.74) is 5.29. The summed E-state index contributed by atoms with van der Waals surface area (Å²) in [6, 6.07) is 9.84. The molecule has 0 saturated carbocycles. The van der Waals surface area contributed by atoms with E-state index in [1.807, 2.05) is 54.7 Å². The summed E-state index contributed by atoms with van der Waals surface area (Å²) in [7, 11) is 3.58. The summed E-state index contributed by atoms with van der Waals surface area (Å²) in [4.78, 5) is 17.1. The first-order valence-electron chi connectivity index (χ1n) is 9.72. The molecule has 1 fully saturated rings. The molecule has 0 unspecified atom stereocenters. The van der Waals surface area contributed by atoms with Gasteiger partial charge in [0.15, 0.2) is 0 Å². The minimum absolute atomic E-state index is 0.0201. The highest BCUT2D eigenvalue weighted by Gasteiger charge is 2.25. The number of carbonyl (C=O) groups excluding carboxylic acids is 1. The molecule has 0 radical (unpaired) electrons. The lowest BCUT2D eigenvalue weighted by molar-refractivity contribution is 0.0741. The fourth-order valence-electron chi connectivity index (χ4n) is 3.85. The normalized spacial score (nSPS) is 14.3. The van der Waals surface area contributed by atoms with Crippen LogP contribution in [0.1, 0.15) is 21.9 Å². The van der Waals surface area contributed by atoms with Crippen molar-refractivity contribution in [1.29, 1.82) is 0 Å². The van der Waals surface area contributed by atoms with Crippen LogP contribution in [0, 0.1) is 13.8 Å². The summed E-state index contributed by atoms with van der Waals surface area (Å²) in [6.45, 7) is 6.84. The van der Waals surface area contributed by atoms with Crippen molar-refractivity contribution in [3.05, 3.63) is 47.4 Å². The Kier molecular flexibility index (Phi) is 5.00. The smallest absolute Gasteiger partial charge is 0.272 e. The first-order valence-corrected chi connectivity index (χ1v) is 9.72. The molecule has 1 saturated heterocycles. The van der Waals surface area contributed by atoms with Crippen LogP contribution in [0.25, 0.3) is 11.3 Å². The van der Waals surface area contributed by atoms with Gasteiger partial charge in [-0.1, -0.05) is 6.07 Å². The molecule has 1 aliphatic heterocycles. The van der Waals surface area contributed by atoms with E-state index in [4.69, 9.17) is 4.74 Å². The van der Waals surface area contributed by atoms with Crippen molar-refractivity contribution >= 4 is 11.6 Å². The predicted octanol–water partition coefficient (Wildman–Crippen LogP) is 2.40. The van der Waals surface area contributed by atoms with Crippen LogP contribution in [0.3, 0.4) is 0 Å². The summed E-state index contributed by atoms with van der Waals surface area (Å²) in [5.74, 6) is 0.820. The lowest BCUT2D eigenvalue weighted by Crippen LogP contribution is -2.48. The zero-order chi connectivity index (χ0) is 20.5. The minimum atomic E-state index is -0.0201. The topological polar surface area (TPSA) is 79.3 Å². The lowest BCUT2D eigenvalue weighted by atomic mass is 10.1. The Bertz CT molecular complexity index is 1030. The van der Waals surface area contributed by atoms with E-state index in [2.05, 4.69) is 26.3 Å². The molecule has 3 aromatic rings.